The van der Waals surface area contributed by atoms with Gasteiger partial charge in [-0.3, -0.25) is 4.79 Å². The van der Waals surface area contributed by atoms with E-state index < -0.39 is 0 Å². The smallest absolute Gasteiger partial charge is 0.306 e. The third-order valence-corrected chi connectivity index (χ3v) is 2.77. The molecule has 62 valence electrons. The summed E-state index contributed by atoms with van der Waals surface area (Å²) in [6.45, 7) is 2.05. The molecule has 0 spiro atoms. The summed E-state index contributed by atoms with van der Waals surface area (Å²) in [5.74, 6) is -0.0451. The highest BCUT2D eigenvalue weighted by Gasteiger charge is 2.22. The second-order valence-electron chi connectivity index (χ2n) is 2.81. The number of hydrogen-bond acceptors (Lipinski definition) is 2. The monoisotopic (exact) mass is 266 g/mol. The largest absolute Gasteiger partial charge is 0.462 e. The Bertz CT molecular complexity index is 187. The minimum Gasteiger partial charge on any atom is -0.462 e. The second-order valence-corrected chi connectivity index (χ2v) is 3.43. The van der Waals surface area contributed by atoms with Crippen LogP contribution in [0.1, 0.15) is 26.2 Å². The zero-order valence-electron chi connectivity index (χ0n) is 6.47. The predicted molar refractivity (Wildman–Crippen MR) is 51.5 cm³/mol. The minimum absolute atomic E-state index is 0.0451. The number of ether oxygens (including phenoxy) is 1. The first-order valence-electron chi connectivity index (χ1n) is 3.67. The number of cyclic esters (lactones) is 1. The van der Waals surface area contributed by atoms with Gasteiger partial charge in [0.15, 0.2) is 0 Å². The fourth-order valence-electron chi connectivity index (χ4n) is 1.13. The number of esters is 1. The number of carbonyl (C=O) groups is 1. The summed E-state index contributed by atoms with van der Waals surface area (Å²) >= 11 is 2.20. The van der Waals surface area contributed by atoms with Crippen molar-refractivity contribution in [2.75, 3.05) is 0 Å². The van der Waals surface area contributed by atoms with Crippen LogP contribution >= 0.6 is 22.6 Å². The zero-order chi connectivity index (χ0) is 8.27. The molecule has 1 rings (SSSR count). The molecule has 0 N–H and O–H groups in total. The first-order valence-corrected chi connectivity index (χ1v) is 4.92. The third-order valence-electron chi connectivity index (χ3n) is 1.70. The number of rotatable bonds is 2. The maximum Gasteiger partial charge on any atom is 0.306 e. The van der Waals surface area contributed by atoms with Gasteiger partial charge in [-0.25, -0.2) is 0 Å². The van der Waals surface area contributed by atoms with Crippen LogP contribution in [0.3, 0.4) is 0 Å². The lowest BCUT2D eigenvalue weighted by molar-refractivity contribution is -0.141. The Balaban J connectivity index is 2.34. The van der Waals surface area contributed by atoms with Gasteiger partial charge in [-0.15, -0.1) is 0 Å². The van der Waals surface area contributed by atoms with E-state index in [0.717, 1.165) is 12.8 Å². The van der Waals surface area contributed by atoms with Gasteiger partial charge in [-0.2, -0.15) is 0 Å². The number of halogens is 1. The van der Waals surface area contributed by atoms with Crippen LogP contribution in [0, 0.1) is 0 Å². The highest BCUT2D eigenvalue weighted by atomic mass is 127. The van der Waals surface area contributed by atoms with Crippen LogP contribution < -0.4 is 0 Å². The Morgan fingerprint density at radius 3 is 3.09 bits per heavy atom. The van der Waals surface area contributed by atoms with Gasteiger partial charge in [0.25, 0.3) is 0 Å². The Kier molecular flexibility index (Phi) is 3.36. The van der Waals surface area contributed by atoms with Gasteiger partial charge >= 0.3 is 5.97 Å². The van der Waals surface area contributed by atoms with Crippen LogP contribution in [-0.2, 0) is 9.53 Å². The third kappa shape index (κ3) is 2.81. The van der Waals surface area contributed by atoms with Crippen molar-refractivity contribution in [2.24, 2.45) is 0 Å². The molecule has 11 heavy (non-hydrogen) atoms. The van der Waals surface area contributed by atoms with E-state index in [1.807, 2.05) is 4.08 Å². The summed E-state index contributed by atoms with van der Waals surface area (Å²) in [5.41, 5.74) is 1.28. The van der Waals surface area contributed by atoms with Crippen LogP contribution in [0.2, 0.25) is 0 Å². The lowest BCUT2D eigenvalue weighted by atomic mass is 10.1. The summed E-state index contributed by atoms with van der Waals surface area (Å²) in [7, 11) is 0. The highest BCUT2D eigenvalue weighted by molar-refractivity contribution is 14.1. The van der Waals surface area contributed by atoms with E-state index in [4.69, 9.17) is 4.74 Å². The zero-order valence-corrected chi connectivity index (χ0v) is 8.63. The molecule has 1 aliphatic rings. The average molecular weight is 266 g/mol. The van der Waals surface area contributed by atoms with E-state index in [2.05, 4.69) is 29.5 Å². The molecule has 1 fully saturated rings. The SMILES string of the molecule is C/C(=C\I)C[C@@H]1CCC(=O)O1. The highest BCUT2D eigenvalue weighted by Crippen LogP contribution is 2.20. The van der Waals surface area contributed by atoms with Gasteiger partial charge in [0, 0.05) is 12.8 Å². The quantitative estimate of drug-likeness (QED) is 0.566. The topological polar surface area (TPSA) is 26.3 Å². The van der Waals surface area contributed by atoms with Crippen molar-refractivity contribution in [3.05, 3.63) is 9.66 Å². The lowest BCUT2D eigenvalue weighted by Crippen LogP contribution is -2.06. The van der Waals surface area contributed by atoms with E-state index >= 15 is 0 Å². The molecule has 0 radical (unpaired) electrons. The normalized spacial score (nSPS) is 25.5. The van der Waals surface area contributed by atoms with Gasteiger partial charge in [0.05, 0.1) is 0 Å². The van der Waals surface area contributed by atoms with E-state index in [-0.39, 0.29) is 12.1 Å². The molecule has 0 bridgehead atoms. The molecule has 3 heteroatoms. The number of carbonyl (C=O) groups excluding carboxylic acids is 1. The molecule has 0 aromatic heterocycles. The first-order chi connectivity index (χ1) is 5.22. The molecular formula is C8H11IO2. The summed E-state index contributed by atoms with van der Waals surface area (Å²) in [6, 6.07) is 0. The standard InChI is InChI=1S/C8H11IO2/c1-6(5-9)4-7-2-3-8(10)11-7/h5,7H,2-4H2,1H3/b6-5+/t7-/m0/s1. The molecule has 1 heterocycles. The minimum atomic E-state index is -0.0451. The first kappa shape index (κ1) is 9.03. The molecule has 2 nitrogen and oxygen atoms in total. The Labute approximate surface area is 80.1 Å². The van der Waals surface area contributed by atoms with Crippen molar-refractivity contribution in [3.8, 4) is 0 Å². The van der Waals surface area contributed by atoms with Crippen molar-refractivity contribution >= 4 is 28.6 Å². The molecule has 0 aromatic carbocycles. The van der Waals surface area contributed by atoms with Crippen LogP contribution in [0.5, 0.6) is 0 Å². The van der Waals surface area contributed by atoms with Crippen molar-refractivity contribution in [2.45, 2.75) is 32.3 Å². The molecule has 1 saturated heterocycles. The van der Waals surface area contributed by atoms with Crippen LogP contribution in [0.15, 0.2) is 9.66 Å². The fourth-order valence-corrected chi connectivity index (χ4v) is 1.38. The fraction of sp³-hybridized carbons (Fsp3) is 0.625. The molecular weight excluding hydrogens is 255 g/mol. The summed E-state index contributed by atoms with van der Waals surface area (Å²) in [5, 5.41) is 0. The van der Waals surface area contributed by atoms with Crippen molar-refractivity contribution < 1.29 is 9.53 Å². The van der Waals surface area contributed by atoms with Crippen molar-refractivity contribution in [1.82, 2.24) is 0 Å². The lowest BCUT2D eigenvalue weighted by Gasteiger charge is -2.07. The van der Waals surface area contributed by atoms with Crippen LogP contribution in [-0.4, -0.2) is 12.1 Å². The van der Waals surface area contributed by atoms with Crippen molar-refractivity contribution in [3.63, 3.8) is 0 Å². The summed E-state index contributed by atoms with van der Waals surface area (Å²) < 4.78 is 7.08. The van der Waals surface area contributed by atoms with E-state index in [1.165, 1.54) is 5.57 Å². The second kappa shape index (κ2) is 4.09. The molecule has 0 aliphatic carbocycles. The van der Waals surface area contributed by atoms with Crippen molar-refractivity contribution in [1.29, 1.82) is 0 Å². The molecule has 0 unspecified atom stereocenters. The number of hydrogen-bond donors (Lipinski definition) is 0. The Morgan fingerprint density at radius 1 is 1.91 bits per heavy atom. The Hall–Kier alpha value is -0.0600. The molecule has 1 aliphatic heterocycles. The van der Waals surface area contributed by atoms with E-state index in [1.54, 1.807) is 0 Å². The predicted octanol–water partition coefficient (Wildman–Crippen LogP) is 2.42. The van der Waals surface area contributed by atoms with E-state index in [0.29, 0.717) is 6.42 Å². The maximum absolute atomic E-state index is 10.7. The molecule has 0 amide bonds. The van der Waals surface area contributed by atoms with Crippen LogP contribution in [0.4, 0.5) is 0 Å². The molecule has 0 aromatic rings. The average Bonchev–Trinajstić information content (AvgIpc) is 2.35. The molecule has 1 atom stereocenters. The van der Waals surface area contributed by atoms with Gasteiger partial charge in [0.1, 0.15) is 6.10 Å². The van der Waals surface area contributed by atoms with E-state index in [9.17, 15) is 4.79 Å². The van der Waals surface area contributed by atoms with Gasteiger partial charge in [-0.1, -0.05) is 28.2 Å². The van der Waals surface area contributed by atoms with Gasteiger partial charge in [0.2, 0.25) is 0 Å². The Morgan fingerprint density at radius 2 is 2.64 bits per heavy atom. The van der Waals surface area contributed by atoms with Gasteiger partial charge < -0.3 is 4.74 Å². The summed E-state index contributed by atoms with van der Waals surface area (Å²) in [4.78, 5) is 10.7. The summed E-state index contributed by atoms with van der Waals surface area (Å²) in [6.07, 6.45) is 2.53. The molecule has 0 saturated carbocycles. The maximum atomic E-state index is 10.7. The van der Waals surface area contributed by atoms with Crippen LogP contribution in [0.25, 0.3) is 0 Å². The van der Waals surface area contributed by atoms with Gasteiger partial charge in [-0.05, 0) is 17.4 Å².